The van der Waals surface area contributed by atoms with Crippen LogP contribution in [0.25, 0.3) is 0 Å². The van der Waals surface area contributed by atoms with E-state index in [0.29, 0.717) is 5.69 Å². The van der Waals surface area contributed by atoms with Gasteiger partial charge in [-0.15, -0.1) is 0 Å². The van der Waals surface area contributed by atoms with E-state index >= 15 is 0 Å². The Labute approximate surface area is 125 Å². The molecule has 3 N–H and O–H groups in total. The summed E-state index contributed by atoms with van der Waals surface area (Å²) >= 11 is 0. The first-order valence-electron chi connectivity index (χ1n) is 6.45. The number of aliphatic hydroxyl groups is 1. The minimum absolute atomic E-state index is 0.00656. The molecule has 0 radical (unpaired) electrons. The Morgan fingerprint density at radius 2 is 2.09 bits per heavy atom. The van der Waals surface area contributed by atoms with Gasteiger partial charge in [-0.25, -0.2) is 4.39 Å². The van der Waals surface area contributed by atoms with E-state index in [-0.39, 0.29) is 24.4 Å². The predicted octanol–water partition coefficient (Wildman–Crippen LogP) is -0.158. The molecule has 1 aromatic rings. The number of rotatable bonds is 5. The van der Waals surface area contributed by atoms with E-state index in [1.54, 1.807) is 0 Å². The molecular formula is C14H14FN3O4. The van der Waals surface area contributed by atoms with Crippen LogP contribution in [0, 0.1) is 5.82 Å². The first-order valence-corrected chi connectivity index (χ1v) is 6.45. The average Bonchev–Trinajstić information content (AvgIpc) is 2.76. The van der Waals surface area contributed by atoms with Crippen molar-refractivity contribution in [3.05, 3.63) is 41.4 Å². The van der Waals surface area contributed by atoms with Crippen molar-refractivity contribution in [1.82, 2.24) is 10.2 Å². The lowest BCUT2D eigenvalue weighted by atomic mass is 10.1. The number of halogens is 1. The maximum atomic E-state index is 13.6. The molecule has 7 nitrogen and oxygen atoms in total. The molecular weight excluding hydrogens is 293 g/mol. The van der Waals surface area contributed by atoms with Gasteiger partial charge in [-0.2, -0.15) is 0 Å². The van der Waals surface area contributed by atoms with Crippen molar-refractivity contribution in [3.63, 3.8) is 0 Å². The number of hydrogen-bond acceptors (Lipinski definition) is 5. The highest BCUT2D eigenvalue weighted by Crippen LogP contribution is 2.19. The zero-order valence-electron chi connectivity index (χ0n) is 11.7. The van der Waals surface area contributed by atoms with Gasteiger partial charge in [0.15, 0.2) is 0 Å². The Kier molecular flexibility index (Phi) is 4.52. The third-order valence-electron chi connectivity index (χ3n) is 3.05. The summed E-state index contributed by atoms with van der Waals surface area (Å²) in [5.41, 5.74) is 0.100. The van der Waals surface area contributed by atoms with Crippen LogP contribution in [0.3, 0.4) is 0 Å². The largest absolute Gasteiger partial charge is 0.395 e. The Morgan fingerprint density at radius 3 is 2.73 bits per heavy atom. The van der Waals surface area contributed by atoms with Crippen LogP contribution in [0.5, 0.6) is 0 Å². The SMILES string of the molecule is CNC(=O)c1cc(NC2=CC(=O)N(CCO)C2=O)ccc1F. The maximum absolute atomic E-state index is 13.6. The van der Waals surface area contributed by atoms with Crippen LogP contribution < -0.4 is 10.6 Å². The molecule has 0 bridgehead atoms. The molecule has 22 heavy (non-hydrogen) atoms. The van der Waals surface area contributed by atoms with E-state index in [1.807, 2.05) is 0 Å². The van der Waals surface area contributed by atoms with Crippen molar-refractivity contribution in [2.75, 3.05) is 25.5 Å². The molecule has 1 aromatic carbocycles. The zero-order chi connectivity index (χ0) is 16.3. The number of hydrogen-bond donors (Lipinski definition) is 3. The van der Waals surface area contributed by atoms with E-state index < -0.39 is 23.5 Å². The summed E-state index contributed by atoms with van der Waals surface area (Å²) in [4.78, 5) is 36.0. The van der Waals surface area contributed by atoms with Crippen LogP contribution in [0.2, 0.25) is 0 Å². The molecule has 0 spiro atoms. The van der Waals surface area contributed by atoms with Crippen LogP contribution in [-0.4, -0.2) is 47.9 Å². The molecule has 0 fully saturated rings. The fourth-order valence-electron chi connectivity index (χ4n) is 1.98. The van der Waals surface area contributed by atoms with Gasteiger partial charge >= 0.3 is 0 Å². The fourth-order valence-corrected chi connectivity index (χ4v) is 1.98. The van der Waals surface area contributed by atoms with Gasteiger partial charge in [-0.3, -0.25) is 19.3 Å². The minimum Gasteiger partial charge on any atom is -0.395 e. The molecule has 0 aromatic heterocycles. The summed E-state index contributed by atoms with van der Waals surface area (Å²) in [6.45, 7) is -0.442. The van der Waals surface area contributed by atoms with Crippen LogP contribution in [-0.2, 0) is 9.59 Å². The summed E-state index contributed by atoms with van der Waals surface area (Å²) in [5, 5.41) is 13.8. The molecule has 1 aliphatic heterocycles. The van der Waals surface area contributed by atoms with Crippen LogP contribution in [0.1, 0.15) is 10.4 Å². The van der Waals surface area contributed by atoms with E-state index in [0.717, 1.165) is 17.0 Å². The van der Waals surface area contributed by atoms with Crippen molar-refractivity contribution in [3.8, 4) is 0 Å². The van der Waals surface area contributed by atoms with E-state index in [4.69, 9.17) is 5.11 Å². The number of nitrogens with zero attached hydrogens (tertiary/aromatic N) is 1. The number of β-amino-alcohol motifs (C(OH)–C–C–N with tert-alkyl or cyclic N) is 1. The molecule has 0 saturated heterocycles. The van der Waals surface area contributed by atoms with Crippen LogP contribution >= 0.6 is 0 Å². The Balaban J connectivity index is 2.22. The molecule has 0 aliphatic carbocycles. The topological polar surface area (TPSA) is 98.7 Å². The normalized spacial score (nSPS) is 14.1. The van der Waals surface area contributed by atoms with Crippen molar-refractivity contribution in [2.45, 2.75) is 0 Å². The molecule has 116 valence electrons. The lowest BCUT2D eigenvalue weighted by Crippen LogP contribution is -2.34. The monoisotopic (exact) mass is 307 g/mol. The van der Waals surface area contributed by atoms with Gasteiger partial charge in [0.05, 0.1) is 18.7 Å². The lowest BCUT2D eigenvalue weighted by Gasteiger charge is -2.13. The number of nitrogens with one attached hydrogen (secondary N) is 2. The highest BCUT2D eigenvalue weighted by Gasteiger charge is 2.30. The Hall–Kier alpha value is -2.74. The standard InChI is InChI=1S/C14H14FN3O4/c1-16-13(21)9-6-8(2-3-10(9)15)17-11-7-12(20)18(4-5-19)14(11)22/h2-3,6-7,17,19H,4-5H2,1H3,(H,16,21). The number of anilines is 1. The zero-order valence-corrected chi connectivity index (χ0v) is 11.7. The van der Waals surface area contributed by atoms with Gasteiger partial charge in [-0.1, -0.05) is 0 Å². The lowest BCUT2D eigenvalue weighted by molar-refractivity contribution is -0.137. The van der Waals surface area contributed by atoms with Gasteiger partial charge in [0, 0.05) is 18.8 Å². The van der Waals surface area contributed by atoms with Crippen molar-refractivity contribution in [2.24, 2.45) is 0 Å². The van der Waals surface area contributed by atoms with Crippen LogP contribution in [0.15, 0.2) is 30.0 Å². The Morgan fingerprint density at radius 1 is 1.36 bits per heavy atom. The third-order valence-corrected chi connectivity index (χ3v) is 3.05. The number of aliphatic hydroxyl groups excluding tert-OH is 1. The molecule has 2 rings (SSSR count). The number of carbonyl (C=O) groups excluding carboxylic acids is 3. The van der Waals surface area contributed by atoms with Gasteiger partial charge in [-0.05, 0) is 18.2 Å². The second kappa shape index (κ2) is 6.35. The summed E-state index contributed by atoms with van der Waals surface area (Å²) in [5.74, 6) is -2.44. The second-order valence-corrected chi connectivity index (χ2v) is 4.48. The van der Waals surface area contributed by atoms with E-state index in [2.05, 4.69) is 10.6 Å². The van der Waals surface area contributed by atoms with E-state index in [9.17, 15) is 18.8 Å². The molecule has 1 heterocycles. The van der Waals surface area contributed by atoms with Gasteiger partial charge in [0.2, 0.25) is 0 Å². The number of imide groups is 1. The van der Waals surface area contributed by atoms with Gasteiger partial charge < -0.3 is 15.7 Å². The Bertz CT molecular complexity index is 672. The predicted molar refractivity (Wildman–Crippen MR) is 75.3 cm³/mol. The number of amides is 3. The number of carbonyl (C=O) groups is 3. The van der Waals surface area contributed by atoms with Crippen molar-refractivity contribution in [1.29, 1.82) is 0 Å². The first kappa shape index (κ1) is 15.6. The number of benzene rings is 1. The van der Waals surface area contributed by atoms with Gasteiger partial charge in [0.1, 0.15) is 11.5 Å². The molecule has 0 saturated carbocycles. The molecule has 0 unspecified atom stereocenters. The smallest absolute Gasteiger partial charge is 0.277 e. The van der Waals surface area contributed by atoms with Crippen LogP contribution in [0.4, 0.5) is 10.1 Å². The average molecular weight is 307 g/mol. The highest BCUT2D eigenvalue weighted by molar-refractivity contribution is 6.17. The van der Waals surface area contributed by atoms with E-state index in [1.165, 1.54) is 19.2 Å². The molecule has 0 atom stereocenters. The fraction of sp³-hybridized carbons (Fsp3) is 0.214. The minimum atomic E-state index is -0.699. The summed E-state index contributed by atoms with van der Waals surface area (Å²) in [7, 11) is 1.37. The molecule has 3 amide bonds. The maximum Gasteiger partial charge on any atom is 0.277 e. The summed E-state index contributed by atoms with van der Waals surface area (Å²) in [6, 6.07) is 3.66. The molecule has 1 aliphatic rings. The summed E-state index contributed by atoms with van der Waals surface area (Å²) in [6.07, 6.45) is 1.08. The second-order valence-electron chi connectivity index (χ2n) is 4.48. The van der Waals surface area contributed by atoms with Crippen molar-refractivity contribution < 1.29 is 23.9 Å². The summed E-state index contributed by atoms with van der Waals surface area (Å²) < 4.78 is 13.6. The first-order chi connectivity index (χ1) is 10.5. The molecule has 8 heteroatoms. The highest BCUT2D eigenvalue weighted by atomic mass is 19.1. The van der Waals surface area contributed by atoms with Gasteiger partial charge in [0.25, 0.3) is 17.7 Å². The quantitative estimate of drug-likeness (QED) is 0.657. The van der Waals surface area contributed by atoms with Crippen molar-refractivity contribution >= 4 is 23.4 Å². The third kappa shape index (κ3) is 2.96.